The molecule has 2 nitrogen and oxygen atoms in total. The van der Waals surface area contributed by atoms with Gasteiger partial charge in [-0.2, -0.15) is 0 Å². The van der Waals surface area contributed by atoms with Gasteiger partial charge in [-0.15, -0.1) is 11.6 Å². The lowest BCUT2D eigenvalue weighted by Gasteiger charge is -2.11. The maximum Gasteiger partial charge on any atom is 0.115 e. The second-order valence-electron chi connectivity index (χ2n) is 4.84. The summed E-state index contributed by atoms with van der Waals surface area (Å²) in [5, 5.41) is 0.694. The van der Waals surface area contributed by atoms with Gasteiger partial charge >= 0.3 is 0 Å². The monoisotopic (exact) mass is 382 g/mol. The van der Waals surface area contributed by atoms with E-state index in [2.05, 4.69) is 39.6 Å². The summed E-state index contributed by atoms with van der Waals surface area (Å²) in [7, 11) is 0. The molecule has 0 fully saturated rings. The van der Waals surface area contributed by atoms with Gasteiger partial charge < -0.3 is 0 Å². The summed E-state index contributed by atoms with van der Waals surface area (Å²) >= 11 is 15.7. The highest BCUT2D eigenvalue weighted by atomic mass is 79.9. The largest absolute Gasteiger partial charge is 0.295 e. The van der Waals surface area contributed by atoms with Crippen LogP contribution < -0.4 is 0 Å². The van der Waals surface area contributed by atoms with E-state index in [4.69, 9.17) is 28.2 Å². The molecule has 21 heavy (non-hydrogen) atoms. The average Bonchev–Trinajstić information content (AvgIpc) is 2.82. The van der Waals surface area contributed by atoms with E-state index in [0.29, 0.717) is 17.3 Å². The summed E-state index contributed by atoms with van der Waals surface area (Å²) in [6.07, 6.45) is 0.703. The van der Waals surface area contributed by atoms with E-state index in [9.17, 15) is 0 Å². The van der Waals surface area contributed by atoms with Crippen LogP contribution in [0.25, 0.3) is 16.7 Å². The maximum absolute atomic E-state index is 6.16. The molecule has 3 rings (SSSR count). The highest BCUT2D eigenvalue weighted by molar-refractivity contribution is 9.10. The molecule has 0 aliphatic carbocycles. The van der Waals surface area contributed by atoms with Gasteiger partial charge in [-0.3, -0.25) is 4.57 Å². The number of imidazole rings is 1. The third-order valence-corrected chi connectivity index (χ3v) is 4.52. The van der Waals surface area contributed by atoms with Gasteiger partial charge in [0, 0.05) is 21.8 Å². The zero-order chi connectivity index (χ0) is 15.0. The zero-order valence-corrected chi connectivity index (χ0v) is 14.5. The third kappa shape index (κ3) is 2.70. The Morgan fingerprint density at radius 3 is 2.81 bits per heavy atom. The van der Waals surface area contributed by atoms with Crippen LogP contribution in [0.3, 0.4) is 0 Å². The molecule has 108 valence electrons. The van der Waals surface area contributed by atoms with E-state index in [1.807, 2.05) is 24.3 Å². The van der Waals surface area contributed by atoms with Gasteiger partial charge in [0.25, 0.3) is 0 Å². The van der Waals surface area contributed by atoms with E-state index in [0.717, 1.165) is 32.6 Å². The highest BCUT2D eigenvalue weighted by Crippen LogP contribution is 2.30. The molecule has 1 aromatic heterocycles. The smallest absolute Gasteiger partial charge is 0.115 e. The SMILES string of the molecule is Cc1cccc2c1nc(CCCl)n2-c1cc(Cl)ccc1Br. The summed E-state index contributed by atoms with van der Waals surface area (Å²) in [6.45, 7) is 2.07. The van der Waals surface area contributed by atoms with Gasteiger partial charge in [0.05, 0.1) is 16.7 Å². The van der Waals surface area contributed by atoms with Gasteiger partial charge in [-0.25, -0.2) is 4.98 Å². The van der Waals surface area contributed by atoms with Crippen LogP contribution in [-0.4, -0.2) is 15.4 Å². The molecule has 0 atom stereocenters. The molecule has 1 heterocycles. The molecule has 0 unspecified atom stereocenters. The van der Waals surface area contributed by atoms with Crippen molar-refractivity contribution in [1.82, 2.24) is 9.55 Å². The first-order valence-corrected chi connectivity index (χ1v) is 8.30. The molecule has 0 saturated heterocycles. The van der Waals surface area contributed by atoms with Crippen LogP contribution in [0.2, 0.25) is 5.02 Å². The third-order valence-electron chi connectivity index (χ3n) is 3.42. The van der Waals surface area contributed by atoms with E-state index >= 15 is 0 Å². The predicted molar refractivity (Wildman–Crippen MR) is 92.9 cm³/mol. The first-order chi connectivity index (χ1) is 10.1. The maximum atomic E-state index is 6.16. The number of alkyl halides is 1. The summed E-state index contributed by atoms with van der Waals surface area (Å²) in [5.41, 5.74) is 4.21. The number of nitrogens with zero attached hydrogens (tertiary/aromatic N) is 2. The Morgan fingerprint density at radius 1 is 1.24 bits per heavy atom. The van der Waals surface area contributed by atoms with Crippen molar-refractivity contribution in [2.45, 2.75) is 13.3 Å². The average molecular weight is 384 g/mol. The molecule has 0 amide bonds. The molecule has 0 bridgehead atoms. The quantitative estimate of drug-likeness (QED) is 0.543. The Kier molecular flexibility index (Phi) is 4.25. The fourth-order valence-corrected chi connectivity index (χ4v) is 3.22. The Balaban J connectivity index is 2.36. The van der Waals surface area contributed by atoms with Crippen molar-refractivity contribution < 1.29 is 0 Å². The van der Waals surface area contributed by atoms with Crippen LogP contribution in [0.15, 0.2) is 40.9 Å². The minimum Gasteiger partial charge on any atom is -0.295 e. The number of para-hydroxylation sites is 1. The lowest BCUT2D eigenvalue weighted by atomic mass is 10.2. The van der Waals surface area contributed by atoms with Crippen LogP contribution >= 0.6 is 39.1 Å². The topological polar surface area (TPSA) is 17.8 Å². The van der Waals surface area contributed by atoms with Crippen molar-refractivity contribution >= 4 is 50.2 Å². The van der Waals surface area contributed by atoms with E-state index in [-0.39, 0.29) is 0 Å². The fraction of sp³-hybridized carbons (Fsp3) is 0.188. The number of benzene rings is 2. The van der Waals surface area contributed by atoms with Crippen LogP contribution in [0.4, 0.5) is 0 Å². The lowest BCUT2D eigenvalue weighted by Crippen LogP contribution is -2.03. The summed E-state index contributed by atoms with van der Waals surface area (Å²) in [5.74, 6) is 1.47. The van der Waals surface area contributed by atoms with Crippen LogP contribution in [0.5, 0.6) is 0 Å². The van der Waals surface area contributed by atoms with Crippen molar-refractivity contribution in [3.05, 3.63) is 57.3 Å². The number of hydrogen-bond donors (Lipinski definition) is 0. The standard InChI is InChI=1S/C16H13BrCl2N2/c1-10-3-2-4-13-16(10)20-15(7-8-18)21(13)14-9-11(19)5-6-12(14)17/h2-6,9H,7-8H2,1H3. The van der Waals surface area contributed by atoms with E-state index in [1.54, 1.807) is 0 Å². The van der Waals surface area contributed by atoms with Crippen molar-refractivity contribution in [3.63, 3.8) is 0 Å². The Labute approximate surface area is 141 Å². The molecular weight excluding hydrogens is 371 g/mol. The van der Waals surface area contributed by atoms with Crippen LogP contribution in [0.1, 0.15) is 11.4 Å². The molecule has 0 N–H and O–H groups in total. The summed E-state index contributed by atoms with van der Waals surface area (Å²) in [4.78, 5) is 4.76. The van der Waals surface area contributed by atoms with E-state index < -0.39 is 0 Å². The number of aryl methyl sites for hydroxylation is 2. The lowest BCUT2D eigenvalue weighted by molar-refractivity contribution is 0.909. The second-order valence-corrected chi connectivity index (χ2v) is 6.51. The Morgan fingerprint density at radius 2 is 2.05 bits per heavy atom. The molecule has 0 radical (unpaired) electrons. The number of aromatic nitrogens is 2. The Bertz CT molecular complexity index is 811. The zero-order valence-electron chi connectivity index (χ0n) is 11.4. The normalized spacial score (nSPS) is 11.2. The number of rotatable bonds is 3. The molecule has 0 saturated carbocycles. The van der Waals surface area contributed by atoms with Gasteiger partial charge in [0.15, 0.2) is 0 Å². The van der Waals surface area contributed by atoms with Gasteiger partial charge in [0.2, 0.25) is 0 Å². The van der Waals surface area contributed by atoms with Crippen molar-refractivity contribution in [2.75, 3.05) is 5.88 Å². The molecule has 0 aliphatic heterocycles. The first kappa shape index (κ1) is 14.9. The Hall–Kier alpha value is -1.03. The summed E-state index contributed by atoms with van der Waals surface area (Å²) < 4.78 is 3.10. The van der Waals surface area contributed by atoms with Gasteiger partial charge in [-0.05, 0) is 52.7 Å². The van der Waals surface area contributed by atoms with E-state index in [1.165, 1.54) is 0 Å². The minimum absolute atomic E-state index is 0.528. The molecule has 0 spiro atoms. The van der Waals surface area contributed by atoms with Crippen molar-refractivity contribution in [1.29, 1.82) is 0 Å². The first-order valence-electron chi connectivity index (χ1n) is 6.60. The number of fused-ring (bicyclic) bond motifs is 1. The minimum atomic E-state index is 0.528. The van der Waals surface area contributed by atoms with Crippen molar-refractivity contribution in [3.8, 4) is 5.69 Å². The number of hydrogen-bond acceptors (Lipinski definition) is 1. The highest BCUT2D eigenvalue weighted by Gasteiger charge is 2.15. The molecule has 2 aromatic carbocycles. The molecular formula is C16H13BrCl2N2. The predicted octanol–water partition coefficient (Wildman–Crippen LogP) is 5.53. The molecule has 0 aliphatic rings. The molecule has 3 aromatic rings. The number of halogens is 3. The van der Waals surface area contributed by atoms with Crippen molar-refractivity contribution in [2.24, 2.45) is 0 Å². The van der Waals surface area contributed by atoms with Crippen LogP contribution in [-0.2, 0) is 6.42 Å². The fourth-order valence-electron chi connectivity index (χ4n) is 2.47. The second kappa shape index (κ2) is 5.99. The van der Waals surface area contributed by atoms with Gasteiger partial charge in [-0.1, -0.05) is 23.7 Å². The molecule has 5 heteroatoms. The van der Waals surface area contributed by atoms with Gasteiger partial charge in [0.1, 0.15) is 5.82 Å². The summed E-state index contributed by atoms with van der Waals surface area (Å²) in [6, 6.07) is 11.9. The van der Waals surface area contributed by atoms with Crippen LogP contribution in [0, 0.1) is 6.92 Å².